The number of aryl methyl sites for hydroxylation is 2. The first-order valence-electron chi connectivity index (χ1n) is 6.95. The molecule has 0 aromatic carbocycles. The van der Waals surface area contributed by atoms with Crippen LogP contribution in [0.15, 0.2) is 14.7 Å². The van der Waals surface area contributed by atoms with Crippen molar-refractivity contribution in [2.24, 2.45) is 26.2 Å². The highest BCUT2D eigenvalue weighted by atomic mass is 35.5. The van der Waals surface area contributed by atoms with E-state index in [2.05, 4.69) is 10.1 Å². The first-order chi connectivity index (χ1) is 10.9. The molecule has 0 fully saturated rings. The maximum atomic E-state index is 12.3. The average Bonchev–Trinajstić information content (AvgIpc) is 2.86. The molecule has 0 aliphatic carbocycles. The summed E-state index contributed by atoms with van der Waals surface area (Å²) in [4.78, 5) is 28.6. The molecule has 0 atom stereocenters. The van der Waals surface area contributed by atoms with E-state index < -0.39 is 11.2 Å². The average molecular weight is 361 g/mol. The van der Waals surface area contributed by atoms with Crippen molar-refractivity contribution in [2.75, 3.05) is 24.8 Å². The number of hydrogen-bond donors (Lipinski definition) is 0. The van der Waals surface area contributed by atoms with Gasteiger partial charge in [-0.15, -0.1) is 23.2 Å². The lowest BCUT2D eigenvalue weighted by Crippen LogP contribution is -2.37. The predicted octanol–water partition coefficient (Wildman–Crippen LogP) is 0.0842. The van der Waals surface area contributed by atoms with Crippen molar-refractivity contribution in [3.63, 3.8) is 0 Å². The topological polar surface area (TPSA) is 77.4 Å². The molecule has 0 bridgehead atoms. The monoisotopic (exact) mass is 360 g/mol. The summed E-state index contributed by atoms with van der Waals surface area (Å²) in [5, 5.41) is 6.01. The minimum atomic E-state index is -0.421. The van der Waals surface area contributed by atoms with E-state index in [1.165, 1.54) is 17.8 Å². The Labute approximate surface area is 142 Å². The highest BCUT2D eigenvalue weighted by Gasteiger charge is 2.16. The molecule has 10 heteroatoms. The Morgan fingerprint density at radius 1 is 1.09 bits per heavy atom. The van der Waals surface area contributed by atoms with E-state index in [9.17, 15) is 9.59 Å². The van der Waals surface area contributed by atoms with Gasteiger partial charge in [-0.2, -0.15) is 5.10 Å². The van der Waals surface area contributed by atoms with Gasteiger partial charge in [-0.3, -0.25) is 18.9 Å². The number of alkyl halides is 2. The molecular weight excluding hydrogens is 343 g/mol. The van der Waals surface area contributed by atoms with Gasteiger partial charge in [-0.1, -0.05) is 0 Å². The summed E-state index contributed by atoms with van der Waals surface area (Å²) in [5.41, 5.74) is -0.147. The Morgan fingerprint density at radius 3 is 2.26 bits per heavy atom. The summed E-state index contributed by atoms with van der Waals surface area (Å²) in [7, 11) is 4.72. The SMILES string of the molecule is Cn1c(=O)c2c(nc(/C=N/N(CCCl)CCCl)n2C)n(C)c1=O. The molecule has 2 aromatic heterocycles. The third-order valence-electron chi connectivity index (χ3n) is 3.53. The maximum absolute atomic E-state index is 12.3. The fourth-order valence-electron chi connectivity index (χ4n) is 2.21. The number of fused-ring (bicyclic) bond motifs is 1. The smallest absolute Gasteiger partial charge is 0.320 e. The van der Waals surface area contributed by atoms with Gasteiger partial charge < -0.3 is 4.57 Å². The maximum Gasteiger partial charge on any atom is 0.332 e. The van der Waals surface area contributed by atoms with Crippen molar-refractivity contribution in [2.45, 2.75) is 0 Å². The second-order valence-electron chi connectivity index (χ2n) is 4.98. The van der Waals surface area contributed by atoms with Crippen LogP contribution < -0.4 is 11.2 Å². The second-order valence-corrected chi connectivity index (χ2v) is 5.74. The molecule has 0 spiro atoms. The van der Waals surface area contributed by atoms with Gasteiger partial charge >= 0.3 is 5.69 Å². The van der Waals surface area contributed by atoms with E-state index >= 15 is 0 Å². The first kappa shape index (κ1) is 17.6. The summed E-state index contributed by atoms with van der Waals surface area (Å²) in [6.45, 7) is 1.10. The van der Waals surface area contributed by atoms with Crippen LogP contribution in [0.25, 0.3) is 11.2 Å². The zero-order valence-corrected chi connectivity index (χ0v) is 14.7. The zero-order chi connectivity index (χ0) is 17.1. The molecule has 8 nitrogen and oxygen atoms in total. The van der Waals surface area contributed by atoms with Crippen LogP contribution in [0.1, 0.15) is 5.82 Å². The van der Waals surface area contributed by atoms with Crippen LogP contribution in [0, 0.1) is 0 Å². The fraction of sp³-hybridized carbons (Fsp3) is 0.538. The second kappa shape index (κ2) is 7.18. The summed E-state index contributed by atoms with van der Waals surface area (Å²) < 4.78 is 4.00. The molecule has 0 aliphatic rings. The van der Waals surface area contributed by atoms with Crippen molar-refractivity contribution < 1.29 is 0 Å². The Morgan fingerprint density at radius 2 is 1.70 bits per heavy atom. The van der Waals surface area contributed by atoms with E-state index in [0.717, 1.165) is 4.57 Å². The van der Waals surface area contributed by atoms with Gasteiger partial charge in [0.2, 0.25) is 0 Å². The lowest BCUT2D eigenvalue weighted by Gasteiger charge is -2.15. The molecule has 2 aromatic rings. The van der Waals surface area contributed by atoms with E-state index in [1.807, 2.05) is 0 Å². The van der Waals surface area contributed by atoms with E-state index in [0.29, 0.717) is 41.8 Å². The number of imidazole rings is 1. The summed E-state index contributed by atoms with van der Waals surface area (Å²) in [6, 6.07) is 0. The van der Waals surface area contributed by atoms with E-state index in [-0.39, 0.29) is 0 Å². The van der Waals surface area contributed by atoms with Crippen LogP contribution >= 0.6 is 23.2 Å². The summed E-state index contributed by atoms with van der Waals surface area (Å²) in [5.74, 6) is 1.31. The Kier molecular flexibility index (Phi) is 5.48. The lowest BCUT2D eigenvalue weighted by atomic mass is 10.5. The quantitative estimate of drug-likeness (QED) is 0.415. The Hall–Kier alpha value is -1.80. The van der Waals surface area contributed by atoms with Crippen LogP contribution in [-0.4, -0.2) is 54.8 Å². The van der Waals surface area contributed by atoms with Gasteiger partial charge in [0.25, 0.3) is 5.56 Å². The molecule has 126 valence electrons. The molecule has 0 amide bonds. The predicted molar refractivity (Wildman–Crippen MR) is 91.8 cm³/mol. The van der Waals surface area contributed by atoms with Gasteiger partial charge in [0.1, 0.15) is 0 Å². The first-order valence-corrected chi connectivity index (χ1v) is 8.02. The minimum absolute atomic E-state index is 0.322. The highest BCUT2D eigenvalue weighted by molar-refractivity contribution is 6.18. The highest BCUT2D eigenvalue weighted by Crippen LogP contribution is 2.07. The van der Waals surface area contributed by atoms with Gasteiger partial charge in [0, 0.05) is 46.0 Å². The molecule has 0 N–H and O–H groups in total. The van der Waals surface area contributed by atoms with Crippen LogP contribution in [0.2, 0.25) is 0 Å². The van der Waals surface area contributed by atoms with Gasteiger partial charge in [-0.05, 0) is 0 Å². The Bertz CT molecular complexity index is 845. The number of hydrogen-bond acceptors (Lipinski definition) is 5. The summed E-state index contributed by atoms with van der Waals surface area (Å²) >= 11 is 11.4. The fourth-order valence-corrected chi connectivity index (χ4v) is 2.60. The molecule has 2 rings (SSSR count). The van der Waals surface area contributed by atoms with Crippen molar-refractivity contribution in [1.82, 2.24) is 23.7 Å². The molecule has 2 heterocycles. The third kappa shape index (κ3) is 3.28. The van der Waals surface area contributed by atoms with E-state index in [1.54, 1.807) is 23.7 Å². The zero-order valence-electron chi connectivity index (χ0n) is 13.2. The molecule has 0 saturated heterocycles. The molecule has 23 heavy (non-hydrogen) atoms. The van der Waals surface area contributed by atoms with Gasteiger partial charge in [0.05, 0.1) is 6.21 Å². The minimum Gasteiger partial charge on any atom is -0.320 e. The normalized spacial score (nSPS) is 11.7. The largest absolute Gasteiger partial charge is 0.332 e. The van der Waals surface area contributed by atoms with Crippen LogP contribution in [-0.2, 0) is 21.1 Å². The van der Waals surface area contributed by atoms with Gasteiger partial charge in [-0.25, -0.2) is 9.78 Å². The van der Waals surface area contributed by atoms with Crippen molar-refractivity contribution in [3.8, 4) is 0 Å². The molecule has 0 saturated carbocycles. The lowest BCUT2D eigenvalue weighted by molar-refractivity contribution is 0.327. The number of rotatable bonds is 6. The van der Waals surface area contributed by atoms with Crippen LogP contribution in [0.4, 0.5) is 0 Å². The number of hydrazone groups is 1. The van der Waals surface area contributed by atoms with Crippen molar-refractivity contribution in [3.05, 3.63) is 26.7 Å². The molecule has 0 unspecified atom stereocenters. The number of halogens is 2. The van der Waals surface area contributed by atoms with Crippen molar-refractivity contribution in [1.29, 1.82) is 0 Å². The molecule has 0 aliphatic heterocycles. The standard InChI is InChI=1S/C13H18Cl2N6O2/c1-18-9(8-16-21(6-4-14)7-5-15)17-11-10(18)12(22)20(3)13(23)19(11)2/h8H,4-7H2,1-3H3/b16-8+. The molecular formula is C13H18Cl2N6O2. The Balaban J connectivity index is 2.53. The van der Waals surface area contributed by atoms with Gasteiger partial charge in [0.15, 0.2) is 17.0 Å². The number of nitrogens with zero attached hydrogens (tertiary/aromatic N) is 6. The van der Waals surface area contributed by atoms with Crippen LogP contribution in [0.3, 0.4) is 0 Å². The van der Waals surface area contributed by atoms with Crippen LogP contribution in [0.5, 0.6) is 0 Å². The molecule has 0 radical (unpaired) electrons. The third-order valence-corrected chi connectivity index (χ3v) is 3.87. The number of aromatic nitrogens is 4. The van der Waals surface area contributed by atoms with E-state index in [4.69, 9.17) is 23.2 Å². The summed E-state index contributed by atoms with van der Waals surface area (Å²) in [6.07, 6.45) is 1.53. The van der Waals surface area contributed by atoms with Crippen molar-refractivity contribution >= 4 is 40.6 Å².